The molecule has 0 saturated carbocycles. The number of rotatable bonds is 13. The minimum atomic E-state index is -1.08. The number of phenols is 2. The second kappa shape index (κ2) is 15.4. The summed E-state index contributed by atoms with van der Waals surface area (Å²) in [6.45, 7) is 4.63. The standard InChI is InChI=1S/C40H42N8O9/c1-21(2)25-18-26(33(50)19-32(25)49)36-43-44-40(57)48(36)23-7-8-29-22(17-23)13-14-46(29)16-15-45(3)31(39(55)56)10-12-34(51)41-28-6-4-5-24-27(28)20-47(38(24)54)30-9-11-35(52)42-37(30)53/h4-8,13-14,17-19,21,30-31,49-50H,9-12,15-16,20H2,1-3H3,(H,41,51)(H,44,57)(H,55,56)(H,42,52,53)/t30?,31-/m0/s1. The molecule has 4 amide bonds. The second-order valence-electron chi connectivity index (χ2n) is 14.7. The summed E-state index contributed by atoms with van der Waals surface area (Å²) >= 11 is 0. The van der Waals surface area contributed by atoms with Crippen LogP contribution in [0.4, 0.5) is 5.69 Å². The predicted molar refractivity (Wildman–Crippen MR) is 207 cm³/mol. The zero-order chi connectivity index (χ0) is 40.7. The highest BCUT2D eigenvalue weighted by Gasteiger charge is 2.40. The highest BCUT2D eigenvalue weighted by Crippen LogP contribution is 2.38. The summed E-state index contributed by atoms with van der Waals surface area (Å²) in [6, 6.07) is 13.2. The fraction of sp³-hybridized carbons (Fsp3) is 0.325. The van der Waals surface area contributed by atoms with Crippen molar-refractivity contribution >= 4 is 46.2 Å². The van der Waals surface area contributed by atoms with Crippen LogP contribution >= 0.6 is 0 Å². The number of aliphatic carboxylic acids is 1. The van der Waals surface area contributed by atoms with Crippen molar-refractivity contribution in [1.82, 2.24) is 34.4 Å². The summed E-state index contributed by atoms with van der Waals surface area (Å²) < 4.78 is 3.30. The van der Waals surface area contributed by atoms with E-state index in [-0.39, 0.29) is 72.8 Å². The number of fused-ring (bicyclic) bond motifs is 2. The summed E-state index contributed by atoms with van der Waals surface area (Å²) in [4.78, 5) is 78.8. The third kappa shape index (κ3) is 7.48. The lowest BCUT2D eigenvalue weighted by Gasteiger charge is -2.29. The Morgan fingerprint density at radius 3 is 2.54 bits per heavy atom. The number of hydrogen-bond acceptors (Lipinski definition) is 10. The van der Waals surface area contributed by atoms with Gasteiger partial charge in [-0.1, -0.05) is 19.9 Å². The van der Waals surface area contributed by atoms with Gasteiger partial charge in [-0.15, -0.1) is 0 Å². The summed E-state index contributed by atoms with van der Waals surface area (Å²) in [6.07, 6.45) is 2.09. The number of phenolic OH excluding ortho intramolecular Hbond substituents is 2. The Morgan fingerprint density at radius 1 is 1.02 bits per heavy atom. The van der Waals surface area contributed by atoms with Crippen molar-refractivity contribution in [3.8, 4) is 28.6 Å². The number of H-pyrrole nitrogens is 1. The van der Waals surface area contributed by atoms with Crippen LogP contribution in [0.3, 0.4) is 0 Å². The number of carbonyl (C=O) groups excluding carboxylic acids is 4. The first-order valence-electron chi connectivity index (χ1n) is 18.5. The molecule has 5 aromatic rings. The van der Waals surface area contributed by atoms with Gasteiger partial charge in [0.05, 0.1) is 11.3 Å². The first-order valence-corrected chi connectivity index (χ1v) is 18.5. The average molecular weight is 779 g/mol. The number of likely N-dealkylation sites (N-methyl/N-ethyl adjacent to an activating group) is 1. The maximum atomic E-state index is 13.2. The van der Waals surface area contributed by atoms with Gasteiger partial charge >= 0.3 is 11.7 Å². The van der Waals surface area contributed by atoms with Gasteiger partial charge in [-0.3, -0.25) is 34.2 Å². The van der Waals surface area contributed by atoms with Gasteiger partial charge in [0.1, 0.15) is 23.6 Å². The zero-order valence-electron chi connectivity index (χ0n) is 31.5. The molecule has 4 heterocycles. The van der Waals surface area contributed by atoms with Gasteiger partial charge in [0.25, 0.3) is 5.91 Å². The first-order chi connectivity index (χ1) is 27.2. The summed E-state index contributed by atoms with van der Waals surface area (Å²) in [5, 5.41) is 43.6. The molecule has 3 aromatic carbocycles. The van der Waals surface area contributed by atoms with E-state index in [4.69, 9.17) is 0 Å². The lowest BCUT2D eigenvalue weighted by molar-refractivity contribution is -0.143. The lowest BCUT2D eigenvalue weighted by atomic mass is 9.98. The van der Waals surface area contributed by atoms with Crippen molar-refractivity contribution in [1.29, 1.82) is 0 Å². The van der Waals surface area contributed by atoms with Gasteiger partial charge in [-0.2, -0.15) is 5.10 Å². The number of aromatic nitrogens is 4. The fourth-order valence-corrected chi connectivity index (χ4v) is 7.61. The number of hydrogen-bond donors (Lipinski definition) is 6. The fourth-order valence-electron chi connectivity index (χ4n) is 7.61. The van der Waals surface area contributed by atoms with E-state index < -0.39 is 35.6 Å². The summed E-state index contributed by atoms with van der Waals surface area (Å²) in [7, 11) is 1.68. The molecule has 17 nitrogen and oxygen atoms in total. The number of benzene rings is 3. The van der Waals surface area contributed by atoms with Crippen molar-refractivity contribution < 1.29 is 39.3 Å². The van der Waals surface area contributed by atoms with Crippen LogP contribution < -0.4 is 16.3 Å². The Balaban J connectivity index is 0.992. The van der Waals surface area contributed by atoms with Crippen molar-refractivity contribution in [3.05, 3.63) is 88.0 Å². The Labute approximate surface area is 325 Å². The largest absolute Gasteiger partial charge is 0.508 e. The molecule has 296 valence electrons. The maximum Gasteiger partial charge on any atom is 0.348 e. The quantitative estimate of drug-likeness (QED) is 0.0950. The molecule has 2 atom stereocenters. The molecule has 0 spiro atoms. The average Bonchev–Trinajstić information content (AvgIpc) is 3.85. The van der Waals surface area contributed by atoms with Crippen molar-refractivity contribution in [2.24, 2.45) is 0 Å². The smallest absolute Gasteiger partial charge is 0.348 e. The van der Waals surface area contributed by atoms with Crippen LogP contribution in [-0.2, 0) is 32.3 Å². The number of nitrogens with zero attached hydrogens (tertiary/aromatic N) is 5. The second-order valence-corrected chi connectivity index (χ2v) is 14.7. The van der Waals surface area contributed by atoms with Crippen LogP contribution in [0.15, 0.2) is 65.6 Å². The van der Waals surface area contributed by atoms with Gasteiger partial charge in [-0.25, -0.2) is 14.5 Å². The zero-order valence-corrected chi connectivity index (χ0v) is 31.5. The number of carboxylic acid groups (broad SMARTS) is 1. The molecule has 57 heavy (non-hydrogen) atoms. The molecule has 1 saturated heterocycles. The molecule has 1 unspecified atom stereocenters. The van der Waals surface area contributed by atoms with Gasteiger partial charge in [0, 0.05) is 72.5 Å². The van der Waals surface area contributed by atoms with E-state index in [2.05, 4.69) is 20.8 Å². The highest BCUT2D eigenvalue weighted by molar-refractivity contribution is 6.06. The molecule has 0 bridgehead atoms. The minimum absolute atomic E-state index is 0.0147. The van der Waals surface area contributed by atoms with Gasteiger partial charge in [-0.05, 0) is 73.8 Å². The van der Waals surface area contributed by atoms with E-state index in [0.717, 1.165) is 10.9 Å². The highest BCUT2D eigenvalue weighted by atomic mass is 16.4. The molecule has 2 aromatic heterocycles. The number of carboxylic acids is 1. The number of aromatic hydroxyl groups is 2. The third-order valence-corrected chi connectivity index (χ3v) is 10.7. The van der Waals surface area contributed by atoms with Crippen LogP contribution in [0.25, 0.3) is 28.0 Å². The predicted octanol–water partition coefficient (Wildman–Crippen LogP) is 3.28. The number of aromatic amines is 1. The summed E-state index contributed by atoms with van der Waals surface area (Å²) in [5.74, 6) is -2.97. The van der Waals surface area contributed by atoms with Crippen LogP contribution in [0, 0.1) is 0 Å². The molecule has 2 aliphatic rings. The molecule has 0 aliphatic carbocycles. The number of imide groups is 1. The molecule has 17 heteroatoms. The minimum Gasteiger partial charge on any atom is -0.508 e. The Bertz CT molecular complexity index is 2500. The van der Waals surface area contributed by atoms with Crippen molar-refractivity contribution in [2.75, 3.05) is 18.9 Å². The van der Waals surface area contributed by atoms with E-state index in [1.54, 1.807) is 48.3 Å². The SMILES string of the molecule is CC(C)c1cc(-c2n[nH]c(=O)n2-c2ccc3c(ccn3CCN(C)[C@@H](CCC(=O)Nc3cccc4c3CN(C3CCC(=O)NC3=O)C4=O)C(=O)O)c2)c(O)cc1O. The monoisotopic (exact) mass is 778 g/mol. The van der Waals surface area contributed by atoms with Crippen LogP contribution in [-0.4, -0.2) is 99.7 Å². The first kappa shape index (κ1) is 38.5. The molecule has 6 N–H and O–H groups in total. The van der Waals surface area contributed by atoms with E-state index in [1.165, 1.54) is 15.5 Å². The van der Waals surface area contributed by atoms with Gasteiger partial charge in [0.2, 0.25) is 17.7 Å². The molecule has 0 radical (unpaired) electrons. The van der Waals surface area contributed by atoms with Crippen LogP contribution in [0.1, 0.15) is 66.9 Å². The van der Waals surface area contributed by atoms with Crippen molar-refractivity contribution in [3.63, 3.8) is 0 Å². The van der Waals surface area contributed by atoms with Crippen molar-refractivity contribution in [2.45, 2.75) is 70.6 Å². The van der Waals surface area contributed by atoms with E-state index >= 15 is 0 Å². The number of nitrogens with one attached hydrogen (secondary N) is 3. The normalized spacial score (nSPS) is 16.1. The third-order valence-electron chi connectivity index (χ3n) is 10.7. The molecular weight excluding hydrogens is 736 g/mol. The van der Waals surface area contributed by atoms with Gasteiger partial charge in [0.15, 0.2) is 5.82 Å². The number of piperidine rings is 1. The van der Waals surface area contributed by atoms with E-state index in [1.807, 2.05) is 36.7 Å². The summed E-state index contributed by atoms with van der Waals surface area (Å²) in [5.41, 5.74) is 2.97. The lowest BCUT2D eigenvalue weighted by Crippen LogP contribution is -2.52. The number of anilines is 1. The van der Waals surface area contributed by atoms with Crippen LogP contribution in [0.2, 0.25) is 0 Å². The van der Waals surface area contributed by atoms with Crippen LogP contribution in [0.5, 0.6) is 11.5 Å². The van der Waals surface area contributed by atoms with Gasteiger partial charge < -0.3 is 30.1 Å². The number of carbonyl (C=O) groups is 5. The molecule has 1 fully saturated rings. The number of amides is 4. The Kier molecular flexibility index (Phi) is 10.4. The van der Waals surface area contributed by atoms with E-state index in [0.29, 0.717) is 41.2 Å². The van der Waals surface area contributed by atoms with E-state index in [9.17, 15) is 44.1 Å². The molecular formula is C40H42N8O9. The molecule has 2 aliphatic heterocycles. The Morgan fingerprint density at radius 2 is 1.81 bits per heavy atom. The Hall–Kier alpha value is -6.75. The maximum absolute atomic E-state index is 13.2. The topological polar surface area (TPSA) is 232 Å². The molecule has 7 rings (SSSR count).